The number of hydrogen-bond donors (Lipinski definition) is 0. The molecular formula is C31H28N2O5S. The van der Waals surface area contributed by atoms with Gasteiger partial charge in [0.2, 0.25) is 0 Å². The summed E-state index contributed by atoms with van der Waals surface area (Å²) in [6.45, 7) is 4.08. The lowest BCUT2D eigenvalue weighted by Gasteiger charge is -2.24. The quantitative estimate of drug-likeness (QED) is 0.327. The van der Waals surface area contributed by atoms with Crippen molar-refractivity contribution >= 4 is 23.4 Å². The van der Waals surface area contributed by atoms with Crippen LogP contribution in [0, 0.1) is 6.92 Å². The van der Waals surface area contributed by atoms with Crippen molar-refractivity contribution in [1.82, 2.24) is 4.57 Å². The van der Waals surface area contributed by atoms with Gasteiger partial charge in [0.1, 0.15) is 18.1 Å². The number of methoxy groups -OCH3 is 2. The Morgan fingerprint density at radius 1 is 1.00 bits per heavy atom. The molecular weight excluding hydrogens is 512 g/mol. The van der Waals surface area contributed by atoms with Crippen LogP contribution in [0.15, 0.2) is 93.9 Å². The van der Waals surface area contributed by atoms with E-state index >= 15 is 0 Å². The minimum atomic E-state index is -0.633. The average Bonchev–Trinajstić information content (AvgIpc) is 3.25. The second kappa shape index (κ2) is 11.1. The number of hydrogen-bond acceptors (Lipinski definition) is 7. The molecule has 1 aromatic heterocycles. The number of carbonyl (C=O) groups is 1. The smallest absolute Gasteiger partial charge is 0.338 e. The molecule has 0 spiro atoms. The highest BCUT2D eigenvalue weighted by atomic mass is 32.1. The molecule has 3 aromatic carbocycles. The number of fused-ring (bicyclic) bond motifs is 1. The van der Waals surface area contributed by atoms with Crippen molar-refractivity contribution in [2.45, 2.75) is 26.5 Å². The fraction of sp³-hybridized carbons (Fsp3) is 0.194. The van der Waals surface area contributed by atoms with E-state index in [2.05, 4.69) is 4.99 Å². The summed E-state index contributed by atoms with van der Waals surface area (Å²) in [6, 6.07) is 22.4. The van der Waals surface area contributed by atoms with E-state index in [1.54, 1.807) is 18.6 Å². The van der Waals surface area contributed by atoms with E-state index in [4.69, 9.17) is 14.2 Å². The van der Waals surface area contributed by atoms with Crippen LogP contribution < -0.4 is 24.4 Å². The Bertz CT molecular complexity index is 1750. The van der Waals surface area contributed by atoms with Crippen molar-refractivity contribution in [2.75, 3.05) is 14.2 Å². The van der Waals surface area contributed by atoms with Crippen LogP contribution in [0.2, 0.25) is 0 Å². The van der Waals surface area contributed by atoms with Crippen molar-refractivity contribution < 1.29 is 19.0 Å². The number of rotatable bonds is 7. The summed E-state index contributed by atoms with van der Waals surface area (Å²) in [5, 5.41) is 0. The highest BCUT2D eigenvalue weighted by Gasteiger charge is 2.32. The van der Waals surface area contributed by atoms with Gasteiger partial charge in [-0.2, -0.15) is 0 Å². The molecule has 5 rings (SSSR count). The second-order valence-electron chi connectivity index (χ2n) is 9.11. The van der Waals surface area contributed by atoms with Crippen LogP contribution in [0.25, 0.3) is 6.08 Å². The lowest BCUT2D eigenvalue weighted by molar-refractivity contribution is -0.136. The highest BCUT2D eigenvalue weighted by molar-refractivity contribution is 7.07. The van der Waals surface area contributed by atoms with Crippen LogP contribution in [0.5, 0.6) is 11.5 Å². The van der Waals surface area contributed by atoms with E-state index in [-0.39, 0.29) is 5.56 Å². The zero-order valence-corrected chi connectivity index (χ0v) is 23.0. The molecule has 7 nitrogen and oxygen atoms in total. The summed E-state index contributed by atoms with van der Waals surface area (Å²) in [6.07, 6.45) is 1.83. The summed E-state index contributed by atoms with van der Waals surface area (Å²) >= 11 is 1.29. The van der Waals surface area contributed by atoms with Gasteiger partial charge in [0.15, 0.2) is 4.80 Å². The summed E-state index contributed by atoms with van der Waals surface area (Å²) in [7, 11) is 2.95. The first kappa shape index (κ1) is 26.2. The van der Waals surface area contributed by atoms with E-state index in [9.17, 15) is 9.59 Å². The van der Waals surface area contributed by atoms with Crippen molar-refractivity contribution in [3.05, 3.63) is 126 Å². The fourth-order valence-electron chi connectivity index (χ4n) is 4.67. The monoisotopic (exact) mass is 540 g/mol. The molecule has 1 aliphatic rings. The molecule has 0 saturated heterocycles. The van der Waals surface area contributed by atoms with Crippen molar-refractivity contribution in [3.63, 3.8) is 0 Å². The first-order valence-corrected chi connectivity index (χ1v) is 13.2. The number of carbonyl (C=O) groups excluding carboxylic acids is 1. The summed E-state index contributed by atoms with van der Waals surface area (Å²) in [5.41, 5.74) is 4.18. The Morgan fingerprint density at radius 3 is 2.46 bits per heavy atom. The molecule has 39 heavy (non-hydrogen) atoms. The molecule has 0 radical (unpaired) electrons. The molecule has 198 valence electrons. The highest BCUT2D eigenvalue weighted by Crippen LogP contribution is 2.30. The van der Waals surface area contributed by atoms with E-state index in [0.717, 1.165) is 28.0 Å². The largest absolute Gasteiger partial charge is 0.496 e. The van der Waals surface area contributed by atoms with Crippen LogP contribution >= 0.6 is 11.3 Å². The van der Waals surface area contributed by atoms with Gasteiger partial charge in [-0.25, -0.2) is 9.79 Å². The van der Waals surface area contributed by atoms with Gasteiger partial charge in [-0.15, -0.1) is 0 Å². The molecule has 0 bridgehead atoms. The Balaban J connectivity index is 1.58. The molecule has 1 unspecified atom stereocenters. The van der Waals surface area contributed by atoms with E-state index in [1.807, 2.05) is 85.8 Å². The fourth-order valence-corrected chi connectivity index (χ4v) is 5.72. The molecule has 2 heterocycles. The maximum absolute atomic E-state index is 13.8. The first-order valence-electron chi connectivity index (χ1n) is 12.4. The Hall–Kier alpha value is -4.43. The van der Waals surface area contributed by atoms with Crippen LogP contribution in [0.4, 0.5) is 0 Å². The van der Waals surface area contributed by atoms with Gasteiger partial charge in [-0.1, -0.05) is 65.9 Å². The molecule has 0 saturated carbocycles. The third kappa shape index (κ3) is 5.15. The predicted octanol–water partition coefficient (Wildman–Crippen LogP) is 4.30. The predicted molar refractivity (Wildman–Crippen MR) is 151 cm³/mol. The van der Waals surface area contributed by atoms with E-state index in [0.29, 0.717) is 33.0 Å². The zero-order chi connectivity index (χ0) is 27.5. The average molecular weight is 541 g/mol. The van der Waals surface area contributed by atoms with Crippen LogP contribution in [-0.2, 0) is 16.1 Å². The lowest BCUT2D eigenvalue weighted by atomic mass is 9.96. The Labute approximate surface area is 229 Å². The molecule has 0 fully saturated rings. The number of allylic oxidation sites excluding steroid dienone is 1. The Morgan fingerprint density at radius 2 is 1.74 bits per heavy atom. The maximum atomic E-state index is 13.8. The van der Waals surface area contributed by atoms with Gasteiger partial charge in [0, 0.05) is 5.56 Å². The summed E-state index contributed by atoms with van der Waals surface area (Å²) in [4.78, 5) is 31.7. The molecule has 4 aromatic rings. The molecule has 8 heteroatoms. The van der Waals surface area contributed by atoms with Crippen LogP contribution in [-0.4, -0.2) is 24.8 Å². The topological polar surface area (TPSA) is 79.1 Å². The lowest BCUT2D eigenvalue weighted by Crippen LogP contribution is -2.39. The molecule has 1 atom stereocenters. The van der Waals surface area contributed by atoms with Crippen molar-refractivity contribution in [3.8, 4) is 11.5 Å². The van der Waals surface area contributed by atoms with Gasteiger partial charge < -0.3 is 14.2 Å². The summed E-state index contributed by atoms with van der Waals surface area (Å²) < 4.78 is 18.8. The molecule has 0 N–H and O–H groups in total. The third-order valence-corrected chi connectivity index (χ3v) is 7.60. The SMILES string of the molecule is COC(=O)C1=C(C)N=c2sc(=Cc3ccc(OC)c(COc4ccccc4C)c3)c(=O)n2C1c1ccccc1. The normalized spacial score (nSPS) is 15.0. The first-order chi connectivity index (χ1) is 18.9. The van der Waals surface area contributed by atoms with Crippen LogP contribution in [0.3, 0.4) is 0 Å². The van der Waals surface area contributed by atoms with Crippen molar-refractivity contribution in [2.24, 2.45) is 4.99 Å². The number of thiazole rings is 1. The van der Waals surface area contributed by atoms with Gasteiger partial charge in [-0.05, 0) is 54.8 Å². The number of benzene rings is 3. The minimum absolute atomic E-state index is 0.227. The molecule has 0 aliphatic carbocycles. The van der Waals surface area contributed by atoms with Crippen molar-refractivity contribution in [1.29, 1.82) is 0 Å². The van der Waals surface area contributed by atoms with Gasteiger partial charge in [0.05, 0.1) is 36.1 Å². The number of ether oxygens (including phenoxy) is 3. The summed E-state index contributed by atoms with van der Waals surface area (Å²) in [5.74, 6) is 0.994. The second-order valence-corrected chi connectivity index (χ2v) is 10.1. The van der Waals surface area contributed by atoms with E-state index in [1.165, 1.54) is 18.4 Å². The van der Waals surface area contributed by atoms with Gasteiger partial charge in [-0.3, -0.25) is 9.36 Å². The number of aryl methyl sites for hydroxylation is 1. The zero-order valence-electron chi connectivity index (χ0n) is 22.1. The number of aromatic nitrogens is 1. The van der Waals surface area contributed by atoms with E-state index < -0.39 is 12.0 Å². The molecule has 1 aliphatic heterocycles. The molecule has 0 amide bonds. The maximum Gasteiger partial charge on any atom is 0.338 e. The van der Waals surface area contributed by atoms with Crippen LogP contribution in [0.1, 0.15) is 35.2 Å². The number of nitrogens with zero attached hydrogens (tertiary/aromatic N) is 2. The third-order valence-electron chi connectivity index (χ3n) is 6.62. The minimum Gasteiger partial charge on any atom is -0.496 e. The number of esters is 1. The van der Waals surface area contributed by atoms with Gasteiger partial charge >= 0.3 is 5.97 Å². The Kier molecular flexibility index (Phi) is 7.47. The van der Waals surface area contributed by atoms with Gasteiger partial charge in [0.25, 0.3) is 5.56 Å². The standard InChI is InChI=1S/C31H28N2O5S/c1-19-10-8-9-13-24(19)38-18-23-16-21(14-15-25(23)36-3)17-26-29(34)33-28(22-11-6-5-7-12-22)27(30(35)37-4)20(2)32-31(33)39-26/h5-17,28H,18H2,1-4H3. The number of para-hydroxylation sites is 1.